The van der Waals surface area contributed by atoms with E-state index in [4.69, 9.17) is 14.7 Å². The van der Waals surface area contributed by atoms with Gasteiger partial charge in [-0.2, -0.15) is 5.26 Å². The van der Waals surface area contributed by atoms with Crippen LogP contribution in [0.4, 0.5) is 5.69 Å². The third-order valence-electron chi connectivity index (χ3n) is 5.78. The third-order valence-corrected chi connectivity index (χ3v) is 5.78. The van der Waals surface area contributed by atoms with Crippen molar-refractivity contribution in [2.75, 3.05) is 11.5 Å². The zero-order valence-electron chi connectivity index (χ0n) is 20.3. The van der Waals surface area contributed by atoms with Gasteiger partial charge in [-0.25, -0.2) is 0 Å². The van der Waals surface area contributed by atoms with Crippen molar-refractivity contribution >= 4 is 29.1 Å². The van der Waals surface area contributed by atoms with E-state index in [1.54, 1.807) is 72.8 Å². The first-order chi connectivity index (χ1) is 17.8. The molecule has 1 N–H and O–H groups in total. The number of carbonyl (C=O) groups excluding carboxylic acids is 3. The van der Waals surface area contributed by atoms with Crippen molar-refractivity contribution < 1.29 is 29.0 Å². The van der Waals surface area contributed by atoms with Gasteiger partial charge in [0, 0.05) is 18.2 Å². The number of hydrogen-bond acceptors (Lipinski definition) is 7. The van der Waals surface area contributed by atoms with Crippen molar-refractivity contribution in [3.05, 3.63) is 95.1 Å². The molecule has 1 fully saturated rings. The van der Waals surface area contributed by atoms with Crippen molar-refractivity contribution in [1.82, 2.24) is 0 Å². The van der Waals surface area contributed by atoms with E-state index >= 15 is 0 Å². The molecule has 186 valence electrons. The average molecular weight is 497 g/mol. The molecule has 1 saturated heterocycles. The average Bonchev–Trinajstić information content (AvgIpc) is 3.17. The Hall–Kier alpha value is -4.90. The van der Waals surface area contributed by atoms with Crippen LogP contribution in [0.2, 0.25) is 0 Å². The van der Waals surface area contributed by atoms with Crippen LogP contribution in [0.15, 0.2) is 78.4 Å². The number of amides is 1. The number of ketones is 1. The number of benzene rings is 3. The number of anilines is 1. The van der Waals surface area contributed by atoms with Gasteiger partial charge in [0.25, 0.3) is 11.7 Å². The first-order valence-corrected chi connectivity index (χ1v) is 11.7. The second-order valence-electron chi connectivity index (χ2n) is 8.36. The van der Waals surface area contributed by atoms with Gasteiger partial charge in [-0.1, -0.05) is 19.1 Å². The molecule has 0 spiro atoms. The molecular weight excluding hydrogens is 472 g/mol. The van der Waals surface area contributed by atoms with Gasteiger partial charge in [-0.15, -0.1) is 0 Å². The Labute approximate surface area is 214 Å². The van der Waals surface area contributed by atoms with Crippen molar-refractivity contribution in [3.8, 4) is 17.6 Å². The van der Waals surface area contributed by atoms with Crippen molar-refractivity contribution in [2.45, 2.75) is 26.3 Å². The number of nitriles is 1. The van der Waals surface area contributed by atoms with Crippen LogP contribution in [-0.2, 0) is 14.4 Å². The van der Waals surface area contributed by atoms with E-state index in [1.807, 2.05) is 13.0 Å². The van der Waals surface area contributed by atoms with E-state index in [0.29, 0.717) is 40.5 Å². The van der Waals surface area contributed by atoms with Gasteiger partial charge in [0.2, 0.25) is 0 Å². The smallest absolute Gasteiger partial charge is 0.308 e. The molecule has 0 bridgehead atoms. The lowest BCUT2D eigenvalue weighted by Crippen LogP contribution is -2.29. The first kappa shape index (κ1) is 25.2. The molecule has 4 rings (SSSR count). The zero-order chi connectivity index (χ0) is 26.5. The Bertz CT molecular complexity index is 1400. The van der Waals surface area contributed by atoms with Crippen LogP contribution >= 0.6 is 0 Å². The van der Waals surface area contributed by atoms with E-state index < -0.39 is 23.7 Å². The van der Waals surface area contributed by atoms with Gasteiger partial charge in [-0.3, -0.25) is 19.3 Å². The number of Topliss-reactive ketones (excluding diaryl/α,β-unsaturated/α-hetero) is 1. The fourth-order valence-corrected chi connectivity index (χ4v) is 4.08. The minimum absolute atomic E-state index is 0.0863. The molecule has 1 amide bonds. The molecule has 1 aliphatic heterocycles. The highest BCUT2D eigenvalue weighted by atomic mass is 16.5. The molecule has 1 heterocycles. The molecule has 1 atom stereocenters. The predicted octanol–water partition coefficient (Wildman–Crippen LogP) is 4.90. The van der Waals surface area contributed by atoms with E-state index in [2.05, 4.69) is 0 Å². The van der Waals surface area contributed by atoms with Gasteiger partial charge >= 0.3 is 5.97 Å². The molecule has 3 aromatic carbocycles. The van der Waals surface area contributed by atoms with Gasteiger partial charge in [0.1, 0.15) is 17.3 Å². The lowest BCUT2D eigenvalue weighted by molar-refractivity contribution is -0.132. The van der Waals surface area contributed by atoms with Gasteiger partial charge < -0.3 is 14.6 Å². The van der Waals surface area contributed by atoms with E-state index in [-0.39, 0.29) is 11.3 Å². The number of rotatable bonds is 7. The molecule has 1 aliphatic rings. The molecule has 0 aliphatic carbocycles. The summed E-state index contributed by atoms with van der Waals surface area (Å²) >= 11 is 0. The van der Waals surface area contributed by atoms with Gasteiger partial charge in [-0.05, 0) is 72.6 Å². The summed E-state index contributed by atoms with van der Waals surface area (Å²) in [6.07, 6.45) is 0.844. The Kier molecular flexibility index (Phi) is 7.35. The maximum absolute atomic E-state index is 13.3. The summed E-state index contributed by atoms with van der Waals surface area (Å²) in [5, 5.41) is 20.4. The summed E-state index contributed by atoms with van der Waals surface area (Å²) in [5.41, 5.74) is 1.56. The summed E-state index contributed by atoms with van der Waals surface area (Å²) in [7, 11) is 0. The van der Waals surface area contributed by atoms with Crippen LogP contribution in [0.5, 0.6) is 11.5 Å². The molecule has 3 aromatic rings. The minimum Gasteiger partial charge on any atom is -0.507 e. The van der Waals surface area contributed by atoms with E-state index in [1.165, 1.54) is 11.8 Å². The zero-order valence-corrected chi connectivity index (χ0v) is 20.3. The number of esters is 1. The van der Waals surface area contributed by atoms with Crippen LogP contribution in [-0.4, -0.2) is 29.4 Å². The second-order valence-corrected chi connectivity index (χ2v) is 8.36. The summed E-state index contributed by atoms with van der Waals surface area (Å²) in [6.45, 7) is 3.82. The number of aliphatic hydroxyl groups excluding tert-OH is 1. The molecular formula is C29H24N2O6. The largest absolute Gasteiger partial charge is 0.507 e. The number of ether oxygens (including phenoxy) is 2. The van der Waals surface area contributed by atoms with Crippen LogP contribution in [0.3, 0.4) is 0 Å². The molecule has 0 saturated carbocycles. The molecule has 8 nitrogen and oxygen atoms in total. The standard InChI is InChI=1S/C29H24N2O6/c1-3-16-36-23-12-8-21(9-13-23)27(33)25-26(20-6-14-24(15-7-20)37-18(2)32)31(29(35)28(25)34)22-10-4-19(17-30)5-11-22/h4-15,26,33H,3,16H2,1-2H3/b27-25+. The summed E-state index contributed by atoms with van der Waals surface area (Å²) < 4.78 is 10.7. The Morgan fingerprint density at radius 1 is 0.973 bits per heavy atom. The lowest BCUT2D eigenvalue weighted by atomic mass is 9.95. The molecule has 37 heavy (non-hydrogen) atoms. The lowest BCUT2D eigenvalue weighted by Gasteiger charge is -2.25. The highest BCUT2D eigenvalue weighted by Crippen LogP contribution is 2.42. The highest BCUT2D eigenvalue weighted by molar-refractivity contribution is 6.51. The number of carbonyl (C=O) groups is 3. The number of aliphatic hydroxyl groups is 1. The normalized spacial score (nSPS) is 16.4. The summed E-state index contributed by atoms with van der Waals surface area (Å²) in [6, 6.07) is 20.3. The summed E-state index contributed by atoms with van der Waals surface area (Å²) in [5.74, 6) is -1.55. The fourth-order valence-electron chi connectivity index (χ4n) is 4.08. The Morgan fingerprint density at radius 2 is 1.59 bits per heavy atom. The maximum atomic E-state index is 13.3. The van der Waals surface area contributed by atoms with Gasteiger partial charge in [0.05, 0.1) is 29.9 Å². The topological polar surface area (TPSA) is 117 Å². The number of hydrogen-bond donors (Lipinski definition) is 1. The molecule has 1 unspecified atom stereocenters. The maximum Gasteiger partial charge on any atom is 0.308 e. The molecule has 8 heteroatoms. The van der Waals surface area contributed by atoms with Crippen LogP contribution in [0, 0.1) is 11.3 Å². The minimum atomic E-state index is -0.963. The predicted molar refractivity (Wildman–Crippen MR) is 136 cm³/mol. The molecule has 0 radical (unpaired) electrons. The Balaban J connectivity index is 1.83. The van der Waals surface area contributed by atoms with Crippen molar-refractivity contribution in [3.63, 3.8) is 0 Å². The SMILES string of the molecule is CCCOc1ccc(/C(O)=C2\C(=O)C(=O)N(c3ccc(C#N)cc3)C2c2ccc(OC(C)=O)cc2)cc1. The van der Waals surface area contributed by atoms with Crippen LogP contribution < -0.4 is 14.4 Å². The van der Waals surface area contributed by atoms with E-state index in [0.717, 1.165) is 6.42 Å². The van der Waals surface area contributed by atoms with E-state index in [9.17, 15) is 19.5 Å². The van der Waals surface area contributed by atoms with Crippen LogP contribution in [0.1, 0.15) is 43.0 Å². The number of nitrogens with zero attached hydrogens (tertiary/aromatic N) is 2. The first-order valence-electron chi connectivity index (χ1n) is 11.7. The fraction of sp³-hybridized carbons (Fsp3) is 0.172. The Morgan fingerprint density at radius 3 is 2.16 bits per heavy atom. The second kappa shape index (κ2) is 10.8. The third kappa shape index (κ3) is 5.21. The van der Waals surface area contributed by atoms with Gasteiger partial charge in [0.15, 0.2) is 0 Å². The monoisotopic (exact) mass is 496 g/mol. The quantitative estimate of drug-likeness (QED) is 0.163. The van der Waals surface area contributed by atoms with Crippen molar-refractivity contribution in [1.29, 1.82) is 5.26 Å². The highest BCUT2D eigenvalue weighted by Gasteiger charge is 2.47. The molecule has 0 aromatic heterocycles. The summed E-state index contributed by atoms with van der Waals surface area (Å²) in [4.78, 5) is 39.1. The van der Waals surface area contributed by atoms with Crippen molar-refractivity contribution in [2.24, 2.45) is 0 Å². The van der Waals surface area contributed by atoms with Crippen LogP contribution in [0.25, 0.3) is 5.76 Å².